The monoisotopic (exact) mass is 199 g/mol. The van der Waals surface area contributed by atoms with Gasteiger partial charge in [0.15, 0.2) is 6.29 Å². The Kier molecular flexibility index (Phi) is 2.06. The molecule has 1 rings (SSSR count). The molecule has 0 heterocycles. The fraction of sp³-hybridized carbons (Fsp3) is 0. The van der Waals surface area contributed by atoms with Gasteiger partial charge in [0, 0.05) is 15.7 Å². The van der Waals surface area contributed by atoms with E-state index in [1.807, 2.05) is 0 Å². The molecule has 0 spiro atoms. The van der Waals surface area contributed by atoms with Crippen molar-refractivity contribution >= 4 is 27.9 Å². The fourth-order valence-corrected chi connectivity index (χ4v) is 1.13. The molecule has 2 nitrogen and oxygen atoms in total. The number of aldehydes is 1. The molecule has 3 heteroatoms. The average Bonchev–Trinajstić information content (AvgIpc) is 1.88. The summed E-state index contributed by atoms with van der Waals surface area (Å²) in [5.41, 5.74) is 6.71. The van der Waals surface area contributed by atoms with Gasteiger partial charge in [0.25, 0.3) is 0 Å². The first-order valence-corrected chi connectivity index (χ1v) is 3.53. The normalized spacial score (nSPS) is 9.30. The molecule has 0 bridgehead atoms. The molecule has 0 aliphatic heterocycles. The predicted molar refractivity (Wildman–Crippen MR) is 43.9 cm³/mol. The Labute approximate surface area is 67.2 Å². The lowest BCUT2D eigenvalue weighted by molar-refractivity contribution is 0.112. The summed E-state index contributed by atoms with van der Waals surface area (Å²) in [5.74, 6) is 0. The highest BCUT2D eigenvalue weighted by Gasteiger charge is 1.96. The largest absolute Gasteiger partial charge is 0.399 e. The molecule has 0 radical (unpaired) electrons. The van der Waals surface area contributed by atoms with Crippen molar-refractivity contribution in [1.82, 2.24) is 0 Å². The third-order valence-electron chi connectivity index (χ3n) is 1.15. The lowest BCUT2D eigenvalue weighted by Crippen LogP contribution is -1.87. The third kappa shape index (κ3) is 1.36. The molecule has 52 valence electrons. The maximum Gasteiger partial charge on any atom is 0.151 e. The third-order valence-corrected chi connectivity index (χ3v) is 1.84. The van der Waals surface area contributed by atoms with Crippen molar-refractivity contribution in [3.8, 4) is 0 Å². The molecular formula is C7H6BrNO. The minimum atomic E-state index is 0.620. The van der Waals surface area contributed by atoms with Crippen molar-refractivity contribution in [1.29, 1.82) is 0 Å². The zero-order valence-electron chi connectivity index (χ0n) is 5.17. The minimum Gasteiger partial charge on any atom is -0.399 e. The molecule has 0 saturated heterocycles. The number of nitrogen functional groups attached to an aromatic ring is 1. The molecule has 1 aromatic rings. The first-order chi connectivity index (χ1) is 4.74. The zero-order valence-corrected chi connectivity index (χ0v) is 6.76. The van der Waals surface area contributed by atoms with Crippen molar-refractivity contribution in [3.05, 3.63) is 28.2 Å². The summed E-state index contributed by atoms with van der Waals surface area (Å²) in [4.78, 5) is 10.3. The molecule has 0 saturated carbocycles. The van der Waals surface area contributed by atoms with E-state index in [1.165, 1.54) is 0 Å². The summed E-state index contributed by atoms with van der Waals surface area (Å²) < 4.78 is 0.738. The van der Waals surface area contributed by atoms with Crippen LogP contribution in [0.4, 0.5) is 5.69 Å². The van der Waals surface area contributed by atoms with Crippen molar-refractivity contribution in [2.75, 3.05) is 5.73 Å². The second-order valence-corrected chi connectivity index (χ2v) is 2.75. The van der Waals surface area contributed by atoms with Gasteiger partial charge in [-0.3, -0.25) is 4.79 Å². The Morgan fingerprint density at radius 2 is 2.20 bits per heavy atom. The van der Waals surface area contributed by atoms with Crippen LogP contribution < -0.4 is 5.73 Å². The molecule has 0 fully saturated rings. The summed E-state index contributed by atoms with van der Waals surface area (Å²) in [5, 5.41) is 0. The zero-order chi connectivity index (χ0) is 7.56. The minimum absolute atomic E-state index is 0.620. The summed E-state index contributed by atoms with van der Waals surface area (Å²) >= 11 is 3.20. The van der Waals surface area contributed by atoms with E-state index in [0.717, 1.165) is 10.8 Å². The van der Waals surface area contributed by atoms with E-state index < -0.39 is 0 Å². The molecule has 2 N–H and O–H groups in total. The van der Waals surface area contributed by atoms with E-state index in [9.17, 15) is 4.79 Å². The molecule has 0 atom stereocenters. The van der Waals surface area contributed by atoms with Crippen molar-refractivity contribution in [3.63, 3.8) is 0 Å². The van der Waals surface area contributed by atoms with Gasteiger partial charge in [0.05, 0.1) is 0 Å². The first-order valence-electron chi connectivity index (χ1n) is 2.74. The number of nitrogens with two attached hydrogens (primary N) is 1. The second kappa shape index (κ2) is 2.84. The topological polar surface area (TPSA) is 43.1 Å². The summed E-state index contributed by atoms with van der Waals surface area (Å²) in [6, 6.07) is 5.06. The number of halogens is 1. The number of hydrogen-bond donors (Lipinski definition) is 1. The molecular weight excluding hydrogens is 194 g/mol. The SMILES string of the molecule is Nc1ccc(C=O)c(Br)c1. The van der Waals surface area contributed by atoms with Crippen LogP contribution in [0.25, 0.3) is 0 Å². The Morgan fingerprint density at radius 1 is 1.50 bits per heavy atom. The highest BCUT2D eigenvalue weighted by Crippen LogP contribution is 2.17. The smallest absolute Gasteiger partial charge is 0.151 e. The molecule has 0 unspecified atom stereocenters. The van der Waals surface area contributed by atoms with Gasteiger partial charge in [0.2, 0.25) is 0 Å². The quantitative estimate of drug-likeness (QED) is 0.555. The molecule has 0 amide bonds. The van der Waals surface area contributed by atoms with E-state index in [0.29, 0.717) is 11.3 Å². The standard InChI is InChI=1S/C7H6BrNO/c8-7-3-6(9)2-1-5(7)4-10/h1-4H,9H2. The van der Waals surface area contributed by atoms with Crippen molar-refractivity contribution in [2.45, 2.75) is 0 Å². The highest BCUT2D eigenvalue weighted by atomic mass is 79.9. The van der Waals surface area contributed by atoms with Gasteiger partial charge in [-0.15, -0.1) is 0 Å². The van der Waals surface area contributed by atoms with Crippen molar-refractivity contribution in [2.24, 2.45) is 0 Å². The first kappa shape index (κ1) is 7.28. The Bertz CT molecular complexity index is 260. The van der Waals surface area contributed by atoms with Crippen molar-refractivity contribution < 1.29 is 4.79 Å². The van der Waals surface area contributed by atoms with Crippen LogP contribution in [0.2, 0.25) is 0 Å². The maximum atomic E-state index is 10.3. The van der Waals surface area contributed by atoms with Gasteiger partial charge < -0.3 is 5.73 Å². The van der Waals surface area contributed by atoms with E-state index in [1.54, 1.807) is 18.2 Å². The number of carbonyl (C=O) groups is 1. The molecule has 0 aliphatic carbocycles. The maximum absolute atomic E-state index is 10.3. The van der Waals surface area contributed by atoms with E-state index in [4.69, 9.17) is 5.73 Å². The van der Waals surface area contributed by atoms with Crippen LogP contribution in [-0.2, 0) is 0 Å². The van der Waals surface area contributed by atoms with Gasteiger partial charge in [-0.05, 0) is 34.1 Å². The van der Waals surface area contributed by atoms with E-state index in [-0.39, 0.29) is 0 Å². The number of benzene rings is 1. The lowest BCUT2D eigenvalue weighted by atomic mass is 10.2. The number of carbonyl (C=O) groups excluding carboxylic acids is 1. The predicted octanol–water partition coefficient (Wildman–Crippen LogP) is 1.84. The van der Waals surface area contributed by atoms with E-state index in [2.05, 4.69) is 15.9 Å². The number of rotatable bonds is 1. The average molecular weight is 200 g/mol. The summed E-state index contributed by atoms with van der Waals surface area (Å²) in [6.45, 7) is 0. The van der Waals surface area contributed by atoms with Crippen LogP contribution in [0.15, 0.2) is 22.7 Å². The van der Waals surface area contributed by atoms with Gasteiger partial charge in [-0.1, -0.05) is 0 Å². The van der Waals surface area contributed by atoms with Gasteiger partial charge in [-0.25, -0.2) is 0 Å². The molecule has 1 aromatic carbocycles. The Hall–Kier alpha value is -0.830. The van der Waals surface area contributed by atoms with Crippen LogP contribution in [0, 0.1) is 0 Å². The van der Waals surface area contributed by atoms with Crippen LogP contribution >= 0.6 is 15.9 Å². The van der Waals surface area contributed by atoms with Gasteiger partial charge in [-0.2, -0.15) is 0 Å². The molecule has 0 aliphatic rings. The molecule has 10 heavy (non-hydrogen) atoms. The van der Waals surface area contributed by atoms with Crippen LogP contribution in [0.5, 0.6) is 0 Å². The van der Waals surface area contributed by atoms with E-state index >= 15 is 0 Å². The van der Waals surface area contributed by atoms with Crippen LogP contribution in [0.3, 0.4) is 0 Å². The fourth-order valence-electron chi connectivity index (χ4n) is 0.639. The Balaban J connectivity index is 3.19. The van der Waals surface area contributed by atoms with Gasteiger partial charge >= 0.3 is 0 Å². The summed E-state index contributed by atoms with van der Waals surface area (Å²) in [7, 11) is 0. The van der Waals surface area contributed by atoms with Crippen LogP contribution in [0.1, 0.15) is 10.4 Å². The Morgan fingerprint density at radius 3 is 2.70 bits per heavy atom. The molecule has 0 aromatic heterocycles. The number of anilines is 1. The number of hydrogen-bond acceptors (Lipinski definition) is 2. The second-order valence-electron chi connectivity index (χ2n) is 1.90. The highest BCUT2D eigenvalue weighted by molar-refractivity contribution is 9.10. The van der Waals surface area contributed by atoms with Crippen LogP contribution in [-0.4, -0.2) is 6.29 Å². The summed E-state index contributed by atoms with van der Waals surface area (Å²) in [6.07, 6.45) is 0.781. The lowest BCUT2D eigenvalue weighted by Gasteiger charge is -1.95. The van der Waals surface area contributed by atoms with Gasteiger partial charge in [0.1, 0.15) is 0 Å².